The van der Waals surface area contributed by atoms with Crippen molar-refractivity contribution in [2.45, 2.75) is 32.0 Å². The molecule has 8 nitrogen and oxygen atoms in total. The monoisotopic (exact) mass is 462 g/mol. The quantitative estimate of drug-likeness (QED) is 0.463. The van der Waals surface area contributed by atoms with Crippen LogP contribution in [0, 0.1) is 11.3 Å². The molecule has 1 aromatic carbocycles. The Balaban J connectivity index is 1.35. The van der Waals surface area contributed by atoms with Gasteiger partial charge in [0.05, 0.1) is 31.0 Å². The van der Waals surface area contributed by atoms with Gasteiger partial charge < -0.3 is 15.4 Å². The van der Waals surface area contributed by atoms with Crippen LogP contribution < -0.4 is 10.6 Å². The Hall–Kier alpha value is -3.32. The van der Waals surface area contributed by atoms with Crippen LogP contribution in [0.2, 0.25) is 0 Å². The summed E-state index contributed by atoms with van der Waals surface area (Å²) in [6.07, 6.45) is 2.06. The van der Waals surface area contributed by atoms with Gasteiger partial charge in [-0.2, -0.15) is 5.26 Å². The van der Waals surface area contributed by atoms with Crippen molar-refractivity contribution in [1.29, 1.82) is 5.26 Å². The molecule has 170 valence electrons. The Morgan fingerprint density at radius 1 is 1.24 bits per heavy atom. The van der Waals surface area contributed by atoms with Gasteiger partial charge in [-0.1, -0.05) is 30.3 Å². The number of hydrogen-bond acceptors (Lipinski definition) is 8. The zero-order valence-corrected chi connectivity index (χ0v) is 19.3. The second-order valence-electron chi connectivity index (χ2n) is 7.83. The van der Waals surface area contributed by atoms with E-state index in [0.29, 0.717) is 36.3 Å². The maximum Gasteiger partial charge on any atom is 0.271 e. The molecule has 9 heteroatoms. The van der Waals surface area contributed by atoms with E-state index < -0.39 is 0 Å². The molecule has 0 radical (unpaired) electrons. The topological polar surface area (TPSA) is 103 Å². The Kier molecular flexibility index (Phi) is 7.62. The van der Waals surface area contributed by atoms with Crippen LogP contribution in [-0.2, 0) is 17.9 Å². The van der Waals surface area contributed by atoms with Gasteiger partial charge in [0.25, 0.3) is 5.91 Å². The second-order valence-corrected chi connectivity index (χ2v) is 8.69. The molecule has 1 amide bonds. The van der Waals surface area contributed by atoms with E-state index in [1.54, 1.807) is 12.5 Å². The SMILES string of the molecule is COCc1ccc(CNC(=O)c2csc(Nc3cccc([C@@H]4CCCN4CC#N)n3)n2)cc1. The highest BCUT2D eigenvalue weighted by Crippen LogP contribution is 2.31. The van der Waals surface area contributed by atoms with Crippen molar-refractivity contribution in [3.05, 3.63) is 70.4 Å². The fraction of sp³-hybridized carbons (Fsp3) is 0.333. The molecule has 1 fully saturated rings. The first-order valence-electron chi connectivity index (χ1n) is 10.8. The van der Waals surface area contributed by atoms with Crippen molar-refractivity contribution >= 4 is 28.2 Å². The second kappa shape index (κ2) is 11.0. The fourth-order valence-electron chi connectivity index (χ4n) is 3.89. The Morgan fingerprint density at radius 3 is 2.85 bits per heavy atom. The number of benzene rings is 1. The summed E-state index contributed by atoms with van der Waals surface area (Å²) in [5.41, 5.74) is 3.41. The van der Waals surface area contributed by atoms with Crippen molar-refractivity contribution in [2.75, 3.05) is 25.5 Å². The van der Waals surface area contributed by atoms with Gasteiger partial charge in [0.15, 0.2) is 5.13 Å². The average Bonchev–Trinajstić information content (AvgIpc) is 3.49. The number of carbonyl (C=O) groups excluding carboxylic acids is 1. The maximum absolute atomic E-state index is 12.5. The summed E-state index contributed by atoms with van der Waals surface area (Å²) in [6.45, 7) is 2.32. The third kappa shape index (κ3) is 5.93. The molecule has 2 aromatic heterocycles. The van der Waals surface area contributed by atoms with Crippen LogP contribution in [0.5, 0.6) is 0 Å². The molecule has 0 saturated carbocycles. The van der Waals surface area contributed by atoms with Crippen molar-refractivity contribution in [3.63, 3.8) is 0 Å². The van der Waals surface area contributed by atoms with Crippen molar-refractivity contribution < 1.29 is 9.53 Å². The number of nitrogens with one attached hydrogen (secondary N) is 2. The van der Waals surface area contributed by atoms with E-state index in [2.05, 4.69) is 26.6 Å². The van der Waals surface area contributed by atoms with Gasteiger partial charge in [-0.15, -0.1) is 11.3 Å². The van der Waals surface area contributed by atoms with Gasteiger partial charge in [0.1, 0.15) is 11.5 Å². The van der Waals surface area contributed by atoms with E-state index in [1.807, 2.05) is 42.5 Å². The number of pyridine rings is 1. The number of methoxy groups -OCH3 is 1. The van der Waals surface area contributed by atoms with Crippen LogP contribution in [0.25, 0.3) is 0 Å². The van der Waals surface area contributed by atoms with Crippen molar-refractivity contribution in [1.82, 2.24) is 20.2 Å². The first-order valence-corrected chi connectivity index (χ1v) is 11.7. The number of carbonyl (C=O) groups is 1. The minimum Gasteiger partial charge on any atom is -0.380 e. The average molecular weight is 463 g/mol. The van der Waals surface area contributed by atoms with Gasteiger partial charge in [0, 0.05) is 19.0 Å². The highest BCUT2D eigenvalue weighted by Gasteiger charge is 2.26. The number of ether oxygens (including phenoxy) is 1. The van der Waals surface area contributed by atoms with Crippen molar-refractivity contribution in [2.24, 2.45) is 0 Å². The lowest BCUT2D eigenvalue weighted by molar-refractivity contribution is 0.0946. The summed E-state index contributed by atoms with van der Waals surface area (Å²) in [7, 11) is 1.66. The highest BCUT2D eigenvalue weighted by molar-refractivity contribution is 7.14. The molecular formula is C24H26N6O2S. The molecule has 1 atom stereocenters. The number of likely N-dealkylation sites (tertiary alicyclic amines) is 1. The van der Waals surface area contributed by atoms with Crippen LogP contribution in [0.1, 0.15) is 46.2 Å². The predicted molar refractivity (Wildman–Crippen MR) is 127 cm³/mol. The molecule has 1 saturated heterocycles. The molecule has 3 heterocycles. The van der Waals surface area contributed by atoms with Gasteiger partial charge in [-0.3, -0.25) is 9.69 Å². The normalized spacial score (nSPS) is 15.8. The highest BCUT2D eigenvalue weighted by atomic mass is 32.1. The van der Waals surface area contributed by atoms with E-state index >= 15 is 0 Å². The summed E-state index contributed by atoms with van der Waals surface area (Å²) in [6, 6.07) is 16.1. The largest absolute Gasteiger partial charge is 0.380 e. The Bertz CT molecular complexity index is 1120. The fourth-order valence-corrected chi connectivity index (χ4v) is 4.58. The van der Waals surface area contributed by atoms with Gasteiger partial charge in [-0.05, 0) is 42.6 Å². The first kappa shape index (κ1) is 22.9. The van der Waals surface area contributed by atoms with Gasteiger partial charge >= 0.3 is 0 Å². The minimum atomic E-state index is -0.222. The number of nitrogens with zero attached hydrogens (tertiary/aromatic N) is 4. The summed E-state index contributed by atoms with van der Waals surface area (Å²) in [5, 5.41) is 17.5. The molecule has 33 heavy (non-hydrogen) atoms. The molecule has 0 spiro atoms. The number of nitriles is 1. The number of aromatic nitrogens is 2. The number of rotatable bonds is 9. The van der Waals surface area contributed by atoms with Gasteiger partial charge in [0.2, 0.25) is 0 Å². The predicted octanol–water partition coefficient (Wildman–Crippen LogP) is 4.02. The van der Waals surface area contributed by atoms with Gasteiger partial charge in [-0.25, -0.2) is 9.97 Å². The summed E-state index contributed by atoms with van der Waals surface area (Å²) < 4.78 is 5.11. The first-order chi connectivity index (χ1) is 16.2. The van der Waals surface area contributed by atoms with E-state index in [-0.39, 0.29) is 11.9 Å². The number of anilines is 2. The molecule has 3 aromatic rings. The smallest absolute Gasteiger partial charge is 0.271 e. The molecular weight excluding hydrogens is 436 g/mol. The van der Waals surface area contributed by atoms with Crippen LogP contribution in [0.15, 0.2) is 47.8 Å². The van der Waals surface area contributed by atoms with E-state index in [4.69, 9.17) is 15.0 Å². The van der Waals surface area contributed by atoms with Crippen LogP contribution in [0.4, 0.5) is 10.9 Å². The Labute approximate surface area is 197 Å². The molecule has 0 bridgehead atoms. The summed E-state index contributed by atoms with van der Waals surface area (Å²) in [5.74, 6) is 0.453. The lowest BCUT2D eigenvalue weighted by atomic mass is 10.1. The van der Waals surface area contributed by atoms with E-state index in [0.717, 1.165) is 36.2 Å². The minimum absolute atomic E-state index is 0.160. The lowest BCUT2D eigenvalue weighted by Crippen LogP contribution is -2.24. The van der Waals surface area contributed by atoms with E-state index in [9.17, 15) is 4.79 Å². The lowest BCUT2D eigenvalue weighted by Gasteiger charge is -2.21. The molecule has 0 unspecified atom stereocenters. The zero-order valence-electron chi connectivity index (χ0n) is 18.5. The van der Waals surface area contributed by atoms with Crippen molar-refractivity contribution in [3.8, 4) is 6.07 Å². The van der Waals surface area contributed by atoms with Crippen LogP contribution >= 0.6 is 11.3 Å². The van der Waals surface area contributed by atoms with Crippen LogP contribution in [-0.4, -0.2) is 41.0 Å². The molecule has 0 aliphatic carbocycles. The summed E-state index contributed by atoms with van der Waals surface area (Å²) >= 11 is 1.36. The standard InChI is InChI=1S/C24H26N6O2S/c1-32-15-18-9-7-17(8-10-18)14-26-23(31)20-16-33-24(28-20)29-22-6-2-4-19(27-22)21-5-3-12-30(21)13-11-25/h2,4,6-10,16,21H,3,5,12-15H2,1H3,(H,26,31)(H,27,28,29)/t21-/m0/s1. The third-order valence-electron chi connectivity index (χ3n) is 5.51. The maximum atomic E-state index is 12.5. The summed E-state index contributed by atoms with van der Waals surface area (Å²) in [4.78, 5) is 23.8. The molecule has 4 rings (SSSR count). The molecule has 1 aliphatic rings. The molecule has 1 aliphatic heterocycles. The van der Waals surface area contributed by atoms with E-state index in [1.165, 1.54) is 11.3 Å². The van der Waals surface area contributed by atoms with Crippen LogP contribution in [0.3, 0.4) is 0 Å². The zero-order chi connectivity index (χ0) is 23.0. The number of amides is 1. The third-order valence-corrected chi connectivity index (χ3v) is 6.27. The Morgan fingerprint density at radius 2 is 2.06 bits per heavy atom. The number of thiazole rings is 1. The number of hydrogen-bond donors (Lipinski definition) is 2. The molecule has 2 N–H and O–H groups in total.